The summed E-state index contributed by atoms with van der Waals surface area (Å²) in [6, 6.07) is 11.0. The third-order valence-corrected chi connectivity index (χ3v) is 4.48. The summed E-state index contributed by atoms with van der Waals surface area (Å²) in [5.41, 5.74) is 1.38. The highest BCUT2D eigenvalue weighted by Gasteiger charge is 2.25. The van der Waals surface area contributed by atoms with Crippen molar-refractivity contribution < 1.29 is 0 Å². The molecule has 90 valence electrons. The number of nitrogens with zero attached hydrogens (tertiary/aromatic N) is 2. The van der Waals surface area contributed by atoms with Gasteiger partial charge in [-0.1, -0.05) is 52.9 Å². The summed E-state index contributed by atoms with van der Waals surface area (Å²) in [6.45, 7) is 2.12. The molecule has 0 bridgehead atoms. The summed E-state index contributed by atoms with van der Waals surface area (Å²) in [6.07, 6.45) is 2.17. The van der Waals surface area contributed by atoms with Crippen LogP contribution in [0.4, 0.5) is 0 Å². The Morgan fingerprint density at radius 3 is 2.82 bits per heavy atom. The minimum atomic E-state index is 0.376. The van der Waals surface area contributed by atoms with E-state index in [9.17, 15) is 0 Å². The van der Waals surface area contributed by atoms with E-state index in [1.54, 1.807) is 0 Å². The maximum atomic E-state index is 4.67. The molecule has 17 heavy (non-hydrogen) atoms. The number of hydrogen-bond acceptors (Lipinski definition) is 3. The summed E-state index contributed by atoms with van der Waals surface area (Å²) in [4.78, 5) is 6.71. The molecule has 0 amide bonds. The number of benzene rings is 1. The molecular formula is C13H15IN2S. The number of likely N-dealkylation sites (tertiary alicyclic amines) is 1. The van der Waals surface area contributed by atoms with Crippen molar-refractivity contribution in [3.63, 3.8) is 0 Å². The lowest BCUT2D eigenvalue weighted by molar-refractivity contribution is 0.194. The molecule has 1 fully saturated rings. The van der Waals surface area contributed by atoms with Crippen LogP contribution in [0.1, 0.15) is 18.4 Å². The highest BCUT2D eigenvalue weighted by Crippen LogP contribution is 2.25. The molecule has 1 heterocycles. The number of piperidine rings is 1. The van der Waals surface area contributed by atoms with Gasteiger partial charge in [-0.3, -0.25) is 4.90 Å². The fourth-order valence-corrected chi connectivity index (χ4v) is 3.35. The van der Waals surface area contributed by atoms with Crippen molar-refractivity contribution in [2.24, 2.45) is 4.99 Å². The van der Waals surface area contributed by atoms with Crippen LogP contribution in [-0.2, 0) is 6.54 Å². The van der Waals surface area contributed by atoms with Gasteiger partial charge >= 0.3 is 0 Å². The van der Waals surface area contributed by atoms with Crippen LogP contribution >= 0.6 is 34.8 Å². The first-order valence-corrected chi connectivity index (χ1v) is 7.44. The van der Waals surface area contributed by atoms with Crippen molar-refractivity contribution in [3.8, 4) is 0 Å². The lowest BCUT2D eigenvalue weighted by atomic mass is 10.0. The average molecular weight is 358 g/mol. The Bertz CT molecular complexity index is 403. The smallest absolute Gasteiger partial charge is 0.0642 e. The minimum absolute atomic E-state index is 0.376. The maximum absolute atomic E-state index is 4.67. The lowest BCUT2D eigenvalue weighted by Gasteiger charge is -2.34. The number of alkyl halides is 1. The predicted octanol–water partition coefficient (Wildman–Crippen LogP) is 3.51. The zero-order valence-electron chi connectivity index (χ0n) is 9.55. The first kappa shape index (κ1) is 13.1. The Labute approximate surface area is 121 Å². The molecule has 2 rings (SSSR count). The maximum Gasteiger partial charge on any atom is 0.0642 e. The van der Waals surface area contributed by atoms with Crippen LogP contribution in [0.3, 0.4) is 0 Å². The van der Waals surface area contributed by atoms with E-state index in [0.29, 0.717) is 10.1 Å². The van der Waals surface area contributed by atoms with Crippen LogP contribution < -0.4 is 0 Å². The van der Waals surface area contributed by atoms with Gasteiger partial charge in [-0.2, -0.15) is 0 Å². The van der Waals surface area contributed by atoms with E-state index in [1.165, 1.54) is 5.56 Å². The largest absolute Gasteiger partial charge is 0.287 e. The van der Waals surface area contributed by atoms with E-state index < -0.39 is 0 Å². The van der Waals surface area contributed by atoms with Gasteiger partial charge in [0.1, 0.15) is 0 Å². The van der Waals surface area contributed by atoms with Crippen molar-refractivity contribution in [3.05, 3.63) is 35.9 Å². The molecule has 0 saturated carbocycles. The summed E-state index contributed by atoms with van der Waals surface area (Å²) < 4.78 is 0.540. The van der Waals surface area contributed by atoms with Crippen LogP contribution in [0, 0.1) is 0 Å². The number of aliphatic imine (C=N–C) groups is 1. The van der Waals surface area contributed by atoms with E-state index in [4.69, 9.17) is 0 Å². The molecule has 0 aliphatic carbocycles. The first-order valence-electron chi connectivity index (χ1n) is 5.78. The Morgan fingerprint density at radius 1 is 1.41 bits per heavy atom. The predicted molar refractivity (Wildman–Crippen MR) is 82.7 cm³/mol. The molecule has 1 aromatic carbocycles. The van der Waals surface area contributed by atoms with Crippen LogP contribution in [0.2, 0.25) is 0 Å². The van der Waals surface area contributed by atoms with Gasteiger partial charge in [0.15, 0.2) is 0 Å². The fraction of sp³-hybridized carbons (Fsp3) is 0.462. The zero-order valence-corrected chi connectivity index (χ0v) is 12.5. The molecule has 1 saturated heterocycles. The molecule has 2 nitrogen and oxygen atoms in total. The van der Waals surface area contributed by atoms with Crippen molar-refractivity contribution in [1.29, 1.82) is 0 Å². The SMILES string of the molecule is S=C=NC1CCN(Cc2ccccc2)C(I)C1. The highest BCUT2D eigenvalue weighted by atomic mass is 127. The number of halogens is 1. The summed E-state index contributed by atoms with van der Waals surface area (Å²) in [5.74, 6) is 0. The zero-order chi connectivity index (χ0) is 12.1. The number of thiocarbonyl (C=S) groups is 1. The Hall–Kier alpha value is -0.290. The van der Waals surface area contributed by atoms with E-state index >= 15 is 0 Å². The Kier molecular flexibility index (Phi) is 5.10. The monoisotopic (exact) mass is 358 g/mol. The highest BCUT2D eigenvalue weighted by molar-refractivity contribution is 14.1. The minimum Gasteiger partial charge on any atom is -0.287 e. The van der Waals surface area contributed by atoms with Gasteiger partial charge in [0, 0.05) is 13.1 Å². The molecule has 0 spiro atoms. The normalized spacial score (nSPS) is 25.2. The first-order chi connectivity index (χ1) is 8.29. The summed E-state index contributed by atoms with van der Waals surface area (Å²) >= 11 is 7.18. The molecule has 2 atom stereocenters. The van der Waals surface area contributed by atoms with Gasteiger partial charge in [-0.05, 0) is 30.6 Å². The fourth-order valence-electron chi connectivity index (χ4n) is 2.13. The average Bonchev–Trinajstić information content (AvgIpc) is 2.34. The van der Waals surface area contributed by atoms with Gasteiger partial charge < -0.3 is 0 Å². The van der Waals surface area contributed by atoms with Crippen molar-refractivity contribution in [2.75, 3.05) is 6.54 Å². The molecule has 4 heteroatoms. The molecule has 0 radical (unpaired) electrons. The number of rotatable bonds is 3. The Morgan fingerprint density at radius 2 is 2.18 bits per heavy atom. The third kappa shape index (κ3) is 3.85. The van der Waals surface area contributed by atoms with Crippen LogP contribution in [-0.4, -0.2) is 26.7 Å². The molecular weight excluding hydrogens is 343 g/mol. The van der Waals surface area contributed by atoms with Crippen LogP contribution in [0.15, 0.2) is 35.3 Å². The summed E-state index contributed by atoms with van der Waals surface area (Å²) in [5, 5.41) is 2.51. The lowest BCUT2D eigenvalue weighted by Crippen LogP contribution is -2.39. The molecule has 1 aliphatic heterocycles. The second kappa shape index (κ2) is 6.59. The Balaban J connectivity index is 1.93. The molecule has 2 unspecified atom stereocenters. The second-order valence-corrected chi connectivity index (χ2v) is 5.91. The van der Waals surface area contributed by atoms with Crippen molar-refractivity contribution in [1.82, 2.24) is 4.90 Å². The van der Waals surface area contributed by atoms with Crippen molar-refractivity contribution >= 4 is 40.0 Å². The second-order valence-electron chi connectivity index (χ2n) is 4.29. The number of hydrogen-bond donors (Lipinski definition) is 0. The van der Waals surface area contributed by atoms with Gasteiger partial charge in [0.05, 0.1) is 15.3 Å². The topological polar surface area (TPSA) is 15.6 Å². The molecule has 1 aromatic rings. The van der Waals surface area contributed by atoms with Crippen LogP contribution in [0.25, 0.3) is 0 Å². The van der Waals surface area contributed by atoms with Gasteiger partial charge in [-0.25, -0.2) is 4.99 Å². The van der Waals surface area contributed by atoms with Gasteiger partial charge in [0.25, 0.3) is 0 Å². The summed E-state index contributed by atoms with van der Waals surface area (Å²) in [7, 11) is 0. The van der Waals surface area contributed by atoms with E-state index in [2.05, 4.69) is 80.2 Å². The third-order valence-electron chi connectivity index (χ3n) is 3.08. The molecule has 0 N–H and O–H groups in total. The van der Waals surface area contributed by atoms with E-state index in [0.717, 1.165) is 25.9 Å². The van der Waals surface area contributed by atoms with Crippen molar-refractivity contribution in [2.45, 2.75) is 29.5 Å². The quantitative estimate of drug-likeness (QED) is 0.270. The van der Waals surface area contributed by atoms with E-state index in [-0.39, 0.29) is 0 Å². The van der Waals surface area contributed by atoms with Gasteiger partial charge in [-0.15, -0.1) is 0 Å². The number of isothiocyanates is 1. The van der Waals surface area contributed by atoms with Gasteiger partial charge in [0.2, 0.25) is 0 Å². The standard InChI is InChI=1S/C13H15IN2S/c14-13-8-12(15-10-17)6-7-16(13)9-11-4-2-1-3-5-11/h1-5,12-13H,6-9H2. The molecule has 1 aliphatic rings. The van der Waals surface area contributed by atoms with Crippen LogP contribution in [0.5, 0.6) is 0 Å². The van der Waals surface area contributed by atoms with E-state index in [1.807, 2.05) is 0 Å². The molecule has 0 aromatic heterocycles.